The minimum Gasteiger partial charge on any atom is -0.461 e. The van der Waals surface area contributed by atoms with Crippen molar-refractivity contribution in [2.75, 3.05) is 19.8 Å². The molecule has 0 amide bonds. The van der Waals surface area contributed by atoms with Crippen LogP contribution in [0.1, 0.15) is 59.8 Å². The van der Waals surface area contributed by atoms with E-state index in [0.717, 1.165) is 22.0 Å². The monoisotopic (exact) mass is 341 g/mol. The van der Waals surface area contributed by atoms with Crippen molar-refractivity contribution in [3.63, 3.8) is 0 Å². The van der Waals surface area contributed by atoms with Crippen molar-refractivity contribution in [2.24, 2.45) is 0 Å². The van der Waals surface area contributed by atoms with Gasteiger partial charge in [0.1, 0.15) is 5.69 Å². The molecule has 5 nitrogen and oxygen atoms in total. The average molecular weight is 341 g/mol. The maximum absolute atomic E-state index is 12.2. The highest BCUT2D eigenvalue weighted by Gasteiger charge is 2.37. The van der Waals surface area contributed by atoms with Gasteiger partial charge in [-0.05, 0) is 68.9 Å². The van der Waals surface area contributed by atoms with Crippen LogP contribution in [0.2, 0.25) is 0 Å². The summed E-state index contributed by atoms with van der Waals surface area (Å²) in [5.41, 5.74) is 4.30. The zero-order chi connectivity index (χ0) is 17.6. The highest BCUT2D eigenvalue weighted by molar-refractivity contribution is 5.94. The third-order valence-electron chi connectivity index (χ3n) is 5.00. The van der Waals surface area contributed by atoms with E-state index in [1.165, 1.54) is 18.4 Å². The summed E-state index contributed by atoms with van der Waals surface area (Å²) in [7, 11) is 0. The molecule has 0 unspecified atom stereocenters. The summed E-state index contributed by atoms with van der Waals surface area (Å²) in [5.74, 6) is -0.615. The van der Waals surface area contributed by atoms with E-state index in [1.54, 1.807) is 13.0 Å². The van der Waals surface area contributed by atoms with E-state index >= 15 is 0 Å². The molecule has 1 aromatic carbocycles. The molecule has 0 atom stereocenters. The molecule has 2 aromatic rings. The van der Waals surface area contributed by atoms with Gasteiger partial charge in [-0.25, -0.2) is 9.78 Å². The molecule has 2 fully saturated rings. The average Bonchev–Trinajstić information content (AvgIpc) is 3.35. The molecule has 0 N–H and O–H groups in total. The second-order valence-corrected chi connectivity index (χ2v) is 6.93. The Hall–Kier alpha value is -1.98. The van der Waals surface area contributed by atoms with Crippen molar-refractivity contribution < 1.29 is 19.0 Å². The van der Waals surface area contributed by atoms with Crippen LogP contribution in [-0.2, 0) is 20.0 Å². The first-order valence-electron chi connectivity index (χ1n) is 8.92. The van der Waals surface area contributed by atoms with E-state index in [9.17, 15) is 4.79 Å². The molecule has 1 saturated heterocycles. The quantitative estimate of drug-likeness (QED) is 0.791. The molecule has 132 valence electrons. The van der Waals surface area contributed by atoms with E-state index in [-0.39, 0.29) is 0 Å². The molecule has 0 bridgehead atoms. The van der Waals surface area contributed by atoms with Crippen LogP contribution in [0.15, 0.2) is 18.2 Å². The van der Waals surface area contributed by atoms with E-state index in [1.807, 2.05) is 13.8 Å². The van der Waals surface area contributed by atoms with Crippen LogP contribution in [0, 0.1) is 6.92 Å². The molecule has 5 heteroatoms. The molecule has 1 aliphatic heterocycles. The number of carbonyl (C=O) groups excluding carboxylic acids is 1. The Morgan fingerprint density at radius 3 is 2.64 bits per heavy atom. The predicted molar refractivity (Wildman–Crippen MR) is 93.7 cm³/mol. The first-order chi connectivity index (χ1) is 12.0. The number of hydrogen-bond donors (Lipinski definition) is 0. The largest absolute Gasteiger partial charge is 0.461 e. The molecule has 25 heavy (non-hydrogen) atoms. The smallest absolute Gasteiger partial charge is 0.356 e. The molecule has 1 aromatic heterocycles. The predicted octanol–water partition coefficient (Wildman–Crippen LogP) is 3.82. The number of aryl methyl sites for hydroxylation is 1. The van der Waals surface area contributed by atoms with Gasteiger partial charge >= 0.3 is 5.97 Å². The fourth-order valence-corrected chi connectivity index (χ4v) is 3.49. The van der Waals surface area contributed by atoms with E-state index in [4.69, 9.17) is 14.2 Å². The number of rotatable bonds is 4. The lowest BCUT2D eigenvalue weighted by Crippen LogP contribution is -2.24. The summed E-state index contributed by atoms with van der Waals surface area (Å²) in [5, 5.41) is 1.05. The normalized spacial score (nSPS) is 19.3. The van der Waals surface area contributed by atoms with E-state index in [0.29, 0.717) is 31.4 Å². The molecule has 1 aliphatic carbocycles. The zero-order valence-electron chi connectivity index (χ0n) is 14.9. The van der Waals surface area contributed by atoms with Crippen LogP contribution >= 0.6 is 0 Å². The number of ether oxygens (including phenoxy) is 3. The molecule has 2 heterocycles. The number of hydrogen-bond acceptors (Lipinski definition) is 5. The van der Waals surface area contributed by atoms with Crippen LogP contribution in [0.5, 0.6) is 0 Å². The summed E-state index contributed by atoms with van der Waals surface area (Å²) >= 11 is 0. The number of fused-ring (bicyclic) bond motifs is 1. The third-order valence-corrected chi connectivity index (χ3v) is 5.00. The van der Waals surface area contributed by atoms with Gasteiger partial charge in [-0.1, -0.05) is 0 Å². The minimum atomic E-state index is -0.824. The molecular weight excluding hydrogens is 318 g/mol. The van der Waals surface area contributed by atoms with Crippen molar-refractivity contribution >= 4 is 16.9 Å². The second-order valence-electron chi connectivity index (χ2n) is 6.93. The van der Waals surface area contributed by atoms with Crippen molar-refractivity contribution in [2.45, 2.75) is 45.3 Å². The maximum atomic E-state index is 12.2. The van der Waals surface area contributed by atoms with Gasteiger partial charge in [-0.3, -0.25) is 0 Å². The van der Waals surface area contributed by atoms with Gasteiger partial charge in [0, 0.05) is 10.9 Å². The number of carbonyl (C=O) groups is 1. The Morgan fingerprint density at radius 1 is 1.28 bits per heavy atom. The Balaban J connectivity index is 1.94. The van der Waals surface area contributed by atoms with Gasteiger partial charge < -0.3 is 14.2 Å². The lowest BCUT2D eigenvalue weighted by Gasteiger charge is -2.25. The van der Waals surface area contributed by atoms with Gasteiger partial charge in [0.15, 0.2) is 5.79 Å². The van der Waals surface area contributed by atoms with Crippen molar-refractivity contribution in [3.8, 4) is 0 Å². The standard InChI is InChI=1S/C20H23NO4/c1-4-23-19(22)17-9-12(2)15-10-14(13-5-6-13)11-16(18(15)21-17)20(3)24-7-8-25-20/h9-11,13H,4-8H2,1-3H3. The summed E-state index contributed by atoms with van der Waals surface area (Å²) < 4.78 is 16.9. The molecular formula is C20H23NO4. The molecule has 2 aliphatic rings. The molecule has 0 spiro atoms. The fourth-order valence-electron chi connectivity index (χ4n) is 3.49. The van der Waals surface area contributed by atoms with Gasteiger partial charge in [-0.2, -0.15) is 0 Å². The highest BCUT2D eigenvalue weighted by Crippen LogP contribution is 2.44. The number of pyridine rings is 1. The molecule has 1 saturated carbocycles. The van der Waals surface area contributed by atoms with Gasteiger partial charge in [0.2, 0.25) is 0 Å². The fraction of sp³-hybridized carbons (Fsp3) is 0.500. The Kier molecular flexibility index (Phi) is 4.01. The Bertz CT molecular complexity index is 835. The molecule has 0 radical (unpaired) electrons. The maximum Gasteiger partial charge on any atom is 0.356 e. The van der Waals surface area contributed by atoms with Gasteiger partial charge in [0.25, 0.3) is 0 Å². The highest BCUT2D eigenvalue weighted by atomic mass is 16.7. The van der Waals surface area contributed by atoms with Gasteiger partial charge in [0.05, 0.1) is 25.3 Å². The first kappa shape index (κ1) is 16.5. The van der Waals surface area contributed by atoms with Crippen molar-refractivity contribution in [3.05, 3.63) is 40.6 Å². The number of benzene rings is 1. The topological polar surface area (TPSA) is 57.7 Å². The summed E-state index contributed by atoms with van der Waals surface area (Å²) in [6.45, 7) is 7.17. The minimum absolute atomic E-state index is 0.328. The van der Waals surface area contributed by atoms with Crippen LogP contribution in [0.3, 0.4) is 0 Å². The summed E-state index contributed by atoms with van der Waals surface area (Å²) in [6.07, 6.45) is 2.44. The van der Waals surface area contributed by atoms with E-state index in [2.05, 4.69) is 17.1 Å². The van der Waals surface area contributed by atoms with Crippen LogP contribution in [0.25, 0.3) is 10.9 Å². The summed E-state index contributed by atoms with van der Waals surface area (Å²) in [6, 6.07) is 6.15. The summed E-state index contributed by atoms with van der Waals surface area (Å²) in [4.78, 5) is 16.8. The number of aromatic nitrogens is 1. The third kappa shape index (κ3) is 2.92. The van der Waals surface area contributed by atoms with E-state index < -0.39 is 11.8 Å². The number of nitrogens with zero attached hydrogens (tertiary/aromatic N) is 1. The van der Waals surface area contributed by atoms with Crippen molar-refractivity contribution in [1.82, 2.24) is 4.98 Å². The zero-order valence-corrected chi connectivity index (χ0v) is 14.9. The van der Waals surface area contributed by atoms with Crippen LogP contribution < -0.4 is 0 Å². The first-order valence-corrected chi connectivity index (χ1v) is 8.92. The second kappa shape index (κ2) is 6.07. The van der Waals surface area contributed by atoms with Gasteiger partial charge in [-0.15, -0.1) is 0 Å². The molecule has 4 rings (SSSR count). The Morgan fingerprint density at radius 2 is 2.00 bits per heavy atom. The van der Waals surface area contributed by atoms with Crippen LogP contribution in [-0.4, -0.2) is 30.8 Å². The number of esters is 1. The lowest BCUT2D eigenvalue weighted by atomic mass is 9.95. The SMILES string of the molecule is CCOC(=O)c1cc(C)c2cc(C3CC3)cc(C3(C)OCCO3)c2n1. The lowest BCUT2D eigenvalue weighted by molar-refractivity contribution is -0.148. The van der Waals surface area contributed by atoms with Crippen molar-refractivity contribution in [1.29, 1.82) is 0 Å². The Labute approximate surface area is 147 Å². The van der Waals surface area contributed by atoms with Crippen LogP contribution in [0.4, 0.5) is 0 Å².